The van der Waals surface area contributed by atoms with Crippen LogP contribution in [0.15, 0.2) is 72.2 Å². The highest BCUT2D eigenvalue weighted by molar-refractivity contribution is 5.79. The average molecular weight is 360 g/mol. The molecule has 0 saturated heterocycles. The van der Waals surface area contributed by atoms with E-state index in [0.717, 1.165) is 24.7 Å². The summed E-state index contributed by atoms with van der Waals surface area (Å²) < 4.78 is 1.75. The molecule has 3 aromatic rings. The Bertz CT molecular complexity index is 880. The number of hydrogen-bond acceptors (Lipinski definition) is 3. The largest absolute Gasteiger partial charge is 0.356 e. The minimum absolute atomic E-state index is 0.262. The molecule has 1 saturated carbocycles. The van der Waals surface area contributed by atoms with Gasteiger partial charge in [-0.25, -0.2) is 9.67 Å². The summed E-state index contributed by atoms with van der Waals surface area (Å²) in [7, 11) is 1.81. The van der Waals surface area contributed by atoms with Gasteiger partial charge in [-0.05, 0) is 36.1 Å². The van der Waals surface area contributed by atoms with Crippen LogP contribution in [-0.4, -0.2) is 34.3 Å². The molecule has 2 aromatic carbocycles. The zero-order chi connectivity index (χ0) is 18.5. The molecule has 0 radical (unpaired) electrons. The van der Waals surface area contributed by atoms with Gasteiger partial charge in [0, 0.05) is 25.6 Å². The SMILES string of the molecule is CN=C(NCc1ccc(-n2cncn2)cc1)NCC1(c2ccccc2)CC1. The van der Waals surface area contributed by atoms with Crippen LogP contribution in [-0.2, 0) is 12.0 Å². The van der Waals surface area contributed by atoms with Crippen LogP contribution in [0.5, 0.6) is 0 Å². The predicted octanol–water partition coefficient (Wildman–Crippen LogP) is 2.66. The molecule has 0 bridgehead atoms. The first kappa shape index (κ1) is 17.3. The molecule has 1 aliphatic rings. The maximum Gasteiger partial charge on any atom is 0.191 e. The average Bonchev–Trinajstić information content (AvgIpc) is 3.32. The summed E-state index contributed by atoms with van der Waals surface area (Å²) in [5.41, 5.74) is 3.86. The molecule has 6 heteroatoms. The molecule has 2 N–H and O–H groups in total. The summed E-state index contributed by atoms with van der Waals surface area (Å²) >= 11 is 0. The Kier molecular flexibility index (Phi) is 4.87. The summed E-state index contributed by atoms with van der Waals surface area (Å²) in [6.07, 6.45) is 5.68. The molecule has 0 spiro atoms. The quantitative estimate of drug-likeness (QED) is 0.524. The van der Waals surface area contributed by atoms with Crippen LogP contribution in [0.4, 0.5) is 0 Å². The Hall–Kier alpha value is -3.15. The summed E-state index contributed by atoms with van der Waals surface area (Å²) in [5, 5.41) is 11.0. The molecule has 0 atom stereocenters. The smallest absolute Gasteiger partial charge is 0.191 e. The lowest BCUT2D eigenvalue weighted by Gasteiger charge is -2.19. The van der Waals surface area contributed by atoms with Gasteiger partial charge in [0.15, 0.2) is 5.96 Å². The minimum atomic E-state index is 0.262. The Morgan fingerprint density at radius 1 is 1.07 bits per heavy atom. The summed E-state index contributed by atoms with van der Waals surface area (Å²) in [5.74, 6) is 0.831. The lowest BCUT2D eigenvalue weighted by Crippen LogP contribution is -2.40. The predicted molar refractivity (Wildman–Crippen MR) is 107 cm³/mol. The first-order chi connectivity index (χ1) is 13.3. The molecule has 0 unspecified atom stereocenters. The van der Waals surface area contributed by atoms with Gasteiger partial charge in [-0.15, -0.1) is 0 Å². The fourth-order valence-corrected chi connectivity index (χ4v) is 3.28. The normalized spacial score (nSPS) is 15.4. The number of aromatic nitrogens is 3. The van der Waals surface area contributed by atoms with Crippen molar-refractivity contribution in [3.8, 4) is 5.69 Å². The summed E-state index contributed by atoms with van der Waals surface area (Å²) in [6, 6.07) is 19.0. The van der Waals surface area contributed by atoms with Crippen LogP contribution >= 0.6 is 0 Å². The van der Waals surface area contributed by atoms with Gasteiger partial charge in [-0.3, -0.25) is 4.99 Å². The molecule has 1 heterocycles. The second-order valence-corrected chi connectivity index (χ2v) is 6.93. The van der Waals surface area contributed by atoms with Crippen LogP contribution in [0.1, 0.15) is 24.0 Å². The van der Waals surface area contributed by atoms with Crippen molar-refractivity contribution in [1.82, 2.24) is 25.4 Å². The summed E-state index contributed by atoms with van der Waals surface area (Å²) in [6.45, 7) is 1.62. The van der Waals surface area contributed by atoms with E-state index in [9.17, 15) is 0 Å². The van der Waals surface area contributed by atoms with Crippen molar-refractivity contribution in [3.05, 3.63) is 78.4 Å². The second-order valence-electron chi connectivity index (χ2n) is 6.93. The number of guanidine groups is 1. The highest BCUT2D eigenvalue weighted by Crippen LogP contribution is 2.47. The number of aliphatic imine (C=N–C) groups is 1. The molecular formula is C21H24N6. The minimum Gasteiger partial charge on any atom is -0.356 e. The topological polar surface area (TPSA) is 67.1 Å². The number of benzene rings is 2. The fourth-order valence-electron chi connectivity index (χ4n) is 3.28. The van der Waals surface area contributed by atoms with E-state index in [-0.39, 0.29) is 5.41 Å². The number of nitrogens with one attached hydrogen (secondary N) is 2. The lowest BCUT2D eigenvalue weighted by atomic mass is 9.96. The lowest BCUT2D eigenvalue weighted by molar-refractivity contribution is 0.645. The van der Waals surface area contributed by atoms with Gasteiger partial charge in [0.25, 0.3) is 0 Å². The number of rotatable bonds is 6. The molecule has 0 amide bonds. The van der Waals surface area contributed by atoms with E-state index in [0.29, 0.717) is 0 Å². The molecular weight excluding hydrogens is 336 g/mol. The van der Waals surface area contributed by atoms with E-state index in [2.05, 4.69) is 68.2 Å². The van der Waals surface area contributed by atoms with Gasteiger partial charge in [-0.1, -0.05) is 42.5 Å². The monoisotopic (exact) mass is 360 g/mol. The van der Waals surface area contributed by atoms with Crippen LogP contribution in [0.3, 0.4) is 0 Å². The van der Waals surface area contributed by atoms with E-state index in [4.69, 9.17) is 0 Å². The molecule has 6 nitrogen and oxygen atoms in total. The van der Waals surface area contributed by atoms with Gasteiger partial charge in [-0.2, -0.15) is 5.10 Å². The number of hydrogen-bond donors (Lipinski definition) is 2. The Morgan fingerprint density at radius 3 is 2.48 bits per heavy atom. The van der Waals surface area contributed by atoms with Crippen molar-refractivity contribution in [3.63, 3.8) is 0 Å². The molecule has 27 heavy (non-hydrogen) atoms. The first-order valence-corrected chi connectivity index (χ1v) is 9.23. The van der Waals surface area contributed by atoms with Crippen molar-refractivity contribution < 1.29 is 0 Å². The van der Waals surface area contributed by atoms with Crippen LogP contribution < -0.4 is 10.6 Å². The van der Waals surface area contributed by atoms with Crippen molar-refractivity contribution in [2.45, 2.75) is 24.8 Å². The third-order valence-corrected chi connectivity index (χ3v) is 5.14. The third-order valence-electron chi connectivity index (χ3n) is 5.14. The molecule has 138 valence electrons. The van der Waals surface area contributed by atoms with E-state index in [1.54, 1.807) is 11.0 Å². The molecule has 4 rings (SSSR count). The first-order valence-electron chi connectivity index (χ1n) is 9.23. The standard InChI is InChI=1S/C21H24N6/c1-22-20(25-14-21(11-12-21)18-5-3-2-4-6-18)24-13-17-7-9-19(10-8-17)27-16-23-15-26-27/h2-10,15-16H,11-14H2,1H3,(H2,22,24,25). The maximum absolute atomic E-state index is 4.36. The van der Waals surface area contributed by atoms with Crippen molar-refractivity contribution in [1.29, 1.82) is 0 Å². The van der Waals surface area contributed by atoms with E-state index >= 15 is 0 Å². The van der Waals surface area contributed by atoms with Crippen molar-refractivity contribution in [2.75, 3.05) is 13.6 Å². The number of nitrogens with zero attached hydrogens (tertiary/aromatic N) is 4. The van der Waals surface area contributed by atoms with E-state index in [1.807, 2.05) is 19.2 Å². The highest BCUT2D eigenvalue weighted by Gasteiger charge is 2.43. The van der Waals surface area contributed by atoms with Gasteiger partial charge >= 0.3 is 0 Å². The van der Waals surface area contributed by atoms with Gasteiger partial charge in [0.05, 0.1) is 5.69 Å². The van der Waals surface area contributed by atoms with E-state index in [1.165, 1.54) is 30.3 Å². The Labute approximate surface area is 159 Å². The maximum atomic E-state index is 4.36. The van der Waals surface area contributed by atoms with Crippen LogP contribution in [0.25, 0.3) is 5.69 Å². The van der Waals surface area contributed by atoms with E-state index < -0.39 is 0 Å². The van der Waals surface area contributed by atoms with Crippen molar-refractivity contribution in [2.24, 2.45) is 4.99 Å². The van der Waals surface area contributed by atoms with Crippen LogP contribution in [0.2, 0.25) is 0 Å². The second kappa shape index (κ2) is 7.61. The van der Waals surface area contributed by atoms with Gasteiger partial charge < -0.3 is 10.6 Å². The van der Waals surface area contributed by atoms with Gasteiger partial charge in [0.2, 0.25) is 0 Å². The van der Waals surface area contributed by atoms with Crippen LogP contribution in [0, 0.1) is 0 Å². The molecule has 1 fully saturated rings. The zero-order valence-corrected chi connectivity index (χ0v) is 15.5. The molecule has 0 aliphatic heterocycles. The third kappa shape index (κ3) is 4.00. The molecule has 1 aliphatic carbocycles. The Morgan fingerprint density at radius 2 is 1.85 bits per heavy atom. The summed E-state index contributed by atoms with van der Waals surface area (Å²) in [4.78, 5) is 8.33. The van der Waals surface area contributed by atoms with Gasteiger partial charge in [0.1, 0.15) is 12.7 Å². The Balaban J connectivity index is 1.31. The highest BCUT2D eigenvalue weighted by atomic mass is 15.3. The molecule has 1 aromatic heterocycles. The fraction of sp³-hybridized carbons (Fsp3) is 0.286. The van der Waals surface area contributed by atoms with Crippen molar-refractivity contribution >= 4 is 5.96 Å². The zero-order valence-electron chi connectivity index (χ0n) is 15.5.